The first-order valence-electron chi connectivity index (χ1n) is 8.36. The van der Waals surface area contributed by atoms with Gasteiger partial charge in [-0.25, -0.2) is 9.59 Å². The number of rotatable bonds is 6. The summed E-state index contributed by atoms with van der Waals surface area (Å²) in [5.41, 5.74) is 3.08. The maximum Gasteiger partial charge on any atom is 0.337 e. The van der Waals surface area contributed by atoms with Gasteiger partial charge in [-0.1, -0.05) is 38.1 Å². The number of ether oxygens (including phenoxy) is 2. The highest BCUT2D eigenvalue weighted by Gasteiger charge is 2.36. The first kappa shape index (κ1) is 19.0. The molecule has 25 heavy (non-hydrogen) atoms. The van der Waals surface area contributed by atoms with E-state index in [1.165, 1.54) is 17.6 Å². The molecule has 2 rings (SSSR count). The Kier molecular flexibility index (Phi) is 6.20. The summed E-state index contributed by atoms with van der Waals surface area (Å²) >= 11 is 0. The minimum atomic E-state index is -0.528. The lowest BCUT2D eigenvalue weighted by Crippen LogP contribution is -2.48. The zero-order valence-electron chi connectivity index (χ0n) is 15.5. The van der Waals surface area contributed by atoms with Crippen LogP contribution in [0.3, 0.4) is 0 Å². The Hall–Kier alpha value is -2.34. The van der Waals surface area contributed by atoms with Crippen molar-refractivity contribution < 1.29 is 19.1 Å². The van der Waals surface area contributed by atoms with Crippen molar-refractivity contribution in [1.29, 1.82) is 0 Å². The van der Waals surface area contributed by atoms with E-state index in [2.05, 4.69) is 19.2 Å². The van der Waals surface area contributed by atoms with Crippen LogP contribution in [0.15, 0.2) is 35.5 Å². The van der Waals surface area contributed by atoms with Gasteiger partial charge in [-0.15, -0.1) is 0 Å². The van der Waals surface area contributed by atoms with Crippen LogP contribution in [0.25, 0.3) is 0 Å². The maximum absolute atomic E-state index is 12.5. The number of urea groups is 1. The second kappa shape index (κ2) is 8.16. The number of methoxy groups -OCH3 is 2. The monoisotopic (exact) mass is 346 g/mol. The zero-order chi connectivity index (χ0) is 18.6. The summed E-state index contributed by atoms with van der Waals surface area (Å²) in [5, 5.41) is 2.91. The Labute approximate surface area is 148 Å². The number of esters is 1. The number of carbonyl (C=O) groups is 2. The van der Waals surface area contributed by atoms with Gasteiger partial charge in [0.15, 0.2) is 0 Å². The van der Waals surface area contributed by atoms with E-state index in [-0.39, 0.29) is 6.03 Å². The Bertz CT molecular complexity index is 665. The molecule has 0 aliphatic carbocycles. The SMILES string of the molecule is COCCN1C(=O)N[C@@H](c2ccc(C(C)C)cc2)C(C(=O)OC)=C1C. The van der Waals surface area contributed by atoms with Gasteiger partial charge in [0.05, 0.1) is 31.9 Å². The summed E-state index contributed by atoms with van der Waals surface area (Å²) in [5.74, 6) is -0.0326. The average molecular weight is 346 g/mol. The summed E-state index contributed by atoms with van der Waals surface area (Å²) in [7, 11) is 2.92. The van der Waals surface area contributed by atoms with Gasteiger partial charge in [0.1, 0.15) is 0 Å². The Balaban J connectivity index is 2.43. The third-order valence-electron chi connectivity index (χ3n) is 4.46. The van der Waals surface area contributed by atoms with Crippen molar-refractivity contribution >= 4 is 12.0 Å². The van der Waals surface area contributed by atoms with E-state index in [1.807, 2.05) is 24.3 Å². The Morgan fingerprint density at radius 3 is 2.40 bits per heavy atom. The molecule has 0 aromatic heterocycles. The van der Waals surface area contributed by atoms with Crippen molar-refractivity contribution in [3.63, 3.8) is 0 Å². The van der Waals surface area contributed by atoms with Gasteiger partial charge in [0, 0.05) is 12.8 Å². The number of carbonyl (C=O) groups excluding carboxylic acids is 2. The number of allylic oxidation sites excluding steroid dienone is 1. The van der Waals surface area contributed by atoms with Crippen molar-refractivity contribution in [3.8, 4) is 0 Å². The normalized spacial score (nSPS) is 17.8. The minimum Gasteiger partial charge on any atom is -0.466 e. The fraction of sp³-hybridized carbons (Fsp3) is 0.474. The standard InChI is InChI=1S/C19H26N2O4/c1-12(2)14-6-8-15(9-7-14)17-16(18(22)25-5)13(3)21(10-11-24-4)19(23)20-17/h6-9,12,17H,10-11H2,1-5H3,(H,20,23)/t17-/m0/s1. The zero-order valence-corrected chi connectivity index (χ0v) is 15.5. The molecule has 1 aliphatic rings. The van der Waals surface area contributed by atoms with Crippen LogP contribution in [-0.2, 0) is 14.3 Å². The van der Waals surface area contributed by atoms with Gasteiger partial charge in [-0.2, -0.15) is 0 Å². The fourth-order valence-corrected chi connectivity index (χ4v) is 2.93. The predicted molar refractivity (Wildman–Crippen MR) is 95.1 cm³/mol. The number of hydrogen-bond acceptors (Lipinski definition) is 4. The molecular weight excluding hydrogens is 320 g/mol. The smallest absolute Gasteiger partial charge is 0.337 e. The third-order valence-corrected chi connectivity index (χ3v) is 4.46. The molecule has 0 spiro atoms. The molecule has 1 N–H and O–H groups in total. The van der Waals surface area contributed by atoms with Crippen LogP contribution in [0.5, 0.6) is 0 Å². The van der Waals surface area contributed by atoms with Crippen LogP contribution in [0.1, 0.15) is 43.9 Å². The van der Waals surface area contributed by atoms with Crippen molar-refractivity contribution in [2.45, 2.75) is 32.7 Å². The molecule has 6 heteroatoms. The van der Waals surface area contributed by atoms with Gasteiger partial charge in [-0.05, 0) is 24.0 Å². The molecule has 1 aliphatic heterocycles. The van der Waals surface area contributed by atoms with Crippen molar-refractivity contribution in [1.82, 2.24) is 10.2 Å². The molecule has 0 fully saturated rings. The molecule has 1 aromatic rings. The van der Waals surface area contributed by atoms with Gasteiger partial charge in [0.2, 0.25) is 0 Å². The number of benzene rings is 1. The van der Waals surface area contributed by atoms with Crippen molar-refractivity contribution in [3.05, 3.63) is 46.7 Å². The van der Waals surface area contributed by atoms with Crippen LogP contribution in [-0.4, -0.2) is 44.3 Å². The number of nitrogens with one attached hydrogen (secondary N) is 1. The molecular formula is C19H26N2O4. The Morgan fingerprint density at radius 2 is 1.88 bits per heavy atom. The summed E-state index contributed by atoms with van der Waals surface area (Å²) in [6.45, 7) is 6.75. The highest BCUT2D eigenvalue weighted by atomic mass is 16.5. The van der Waals surface area contributed by atoms with E-state index < -0.39 is 12.0 Å². The van der Waals surface area contributed by atoms with E-state index in [1.54, 1.807) is 14.0 Å². The molecule has 0 radical (unpaired) electrons. The average Bonchev–Trinajstić information content (AvgIpc) is 2.60. The summed E-state index contributed by atoms with van der Waals surface area (Å²) < 4.78 is 10.0. The summed E-state index contributed by atoms with van der Waals surface area (Å²) in [4.78, 5) is 26.4. The van der Waals surface area contributed by atoms with E-state index in [0.29, 0.717) is 30.3 Å². The van der Waals surface area contributed by atoms with E-state index in [0.717, 1.165) is 5.56 Å². The molecule has 6 nitrogen and oxygen atoms in total. The molecule has 0 saturated carbocycles. The molecule has 0 unspecified atom stereocenters. The number of hydrogen-bond donors (Lipinski definition) is 1. The lowest BCUT2D eigenvalue weighted by Gasteiger charge is -2.35. The van der Waals surface area contributed by atoms with Crippen LogP contribution < -0.4 is 5.32 Å². The third kappa shape index (κ3) is 4.02. The summed E-state index contributed by atoms with van der Waals surface area (Å²) in [6, 6.07) is 7.16. The second-order valence-electron chi connectivity index (χ2n) is 6.34. The maximum atomic E-state index is 12.5. The van der Waals surface area contributed by atoms with Gasteiger partial charge >= 0.3 is 12.0 Å². The van der Waals surface area contributed by atoms with Crippen LogP contribution in [0.4, 0.5) is 4.79 Å². The second-order valence-corrected chi connectivity index (χ2v) is 6.34. The Morgan fingerprint density at radius 1 is 1.24 bits per heavy atom. The number of nitrogens with zero attached hydrogens (tertiary/aromatic N) is 1. The van der Waals surface area contributed by atoms with Crippen molar-refractivity contribution in [2.24, 2.45) is 0 Å². The summed E-state index contributed by atoms with van der Waals surface area (Å²) in [6.07, 6.45) is 0. The quantitative estimate of drug-likeness (QED) is 0.804. The number of amides is 2. The van der Waals surface area contributed by atoms with Crippen LogP contribution in [0, 0.1) is 0 Å². The molecule has 136 valence electrons. The van der Waals surface area contributed by atoms with Crippen LogP contribution >= 0.6 is 0 Å². The first-order valence-corrected chi connectivity index (χ1v) is 8.36. The lowest BCUT2D eigenvalue weighted by atomic mass is 9.92. The first-order chi connectivity index (χ1) is 11.9. The highest BCUT2D eigenvalue weighted by Crippen LogP contribution is 2.31. The predicted octanol–water partition coefficient (Wildman–Crippen LogP) is 2.97. The molecule has 1 aromatic carbocycles. The van der Waals surface area contributed by atoms with Gasteiger partial charge < -0.3 is 14.8 Å². The molecule has 2 amide bonds. The molecule has 1 atom stereocenters. The lowest BCUT2D eigenvalue weighted by molar-refractivity contribution is -0.136. The van der Waals surface area contributed by atoms with Crippen LogP contribution in [0.2, 0.25) is 0 Å². The minimum absolute atomic E-state index is 0.250. The molecule has 0 bridgehead atoms. The topological polar surface area (TPSA) is 67.9 Å². The molecule has 0 saturated heterocycles. The van der Waals surface area contributed by atoms with E-state index in [9.17, 15) is 9.59 Å². The fourth-order valence-electron chi connectivity index (χ4n) is 2.93. The van der Waals surface area contributed by atoms with Crippen molar-refractivity contribution in [2.75, 3.05) is 27.4 Å². The van der Waals surface area contributed by atoms with E-state index >= 15 is 0 Å². The molecule has 1 heterocycles. The van der Waals surface area contributed by atoms with Gasteiger partial charge in [0.25, 0.3) is 0 Å². The largest absolute Gasteiger partial charge is 0.466 e. The van der Waals surface area contributed by atoms with E-state index in [4.69, 9.17) is 9.47 Å². The van der Waals surface area contributed by atoms with Gasteiger partial charge in [-0.3, -0.25) is 4.90 Å². The highest BCUT2D eigenvalue weighted by molar-refractivity contribution is 5.95.